The molecular weight excluding hydrogens is 466 g/mol. The minimum atomic E-state index is -1.32. The summed E-state index contributed by atoms with van der Waals surface area (Å²) in [5.74, 6) is -3.49. The summed E-state index contributed by atoms with van der Waals surface area (Å²) >= 11 is 3.58. The van der Waals surface area contributed by atoms with Crippen molar-refractivity contribution in [2.75, 3.05) is 14.2 Å². The Morgan fingerprint density at radius 2 is 1.61 bits per heavy atom. The fourth-order valence-corrected chi connectivity index (χ4v) is 4.56. The lowest BCUT2D eigenvalue weighted by Gasteiger charge is -2.36. The van der Waals surface area contributed by atoms with Gasteiger partial charge < -0.3 is 23.9 Å². The van der Waals surface area contributed by atoms with Crippen LogP contribution >= 0.6 is 15.9 Å². The molecule has 3 aromatic rings. The molecule has 0 saturated carbocycles. The second-order valence-electron chi connectivity index (χ2n) is 7.72. The molecule has 0 aliphatic carbocycles. The van der Waals surface area contributed by atoms with Crippen molar-refractivity contribution in [2.45, 2.75) is 25.6 Å². The molecule has 0 bridgehead atoms. The smallest absolute Gasteiger partial charge is 0.324 e. The molecule has 0 radical (unpaired) electrons. The van der Waals surface area contributed by atoms with Crippen LogP contribution in [-0.2, 0) is 19.1 Å². The first kappa shape index (κ1) is 21.2. The number of methoxy groups -OCH3 is 2. The van der Waals surface area contributed by atoms with Gasteiger partial charge in [0.15, 0.2) is 17.4 Å². The number of ether oxygens (including phenoxy) is 4. The summed E-state index contributed by atoms with van der Waals surface area (Å²) in [4.78, 5) is 29.3. The van der Waals surface area contributed by atoms with Crippen LogP contribution in [0.15, 0.2) is 47.1 Å². The van der Waals surface area contributed by atoms with Gasteiger partial charge in [0.25, 0.3) is 5.79 Å². The van der Waals surface area contributed by atoms with Gasteiger partial charge in [0.2, 0.25) is 0 Å². The lowest BCUT2D eigenvalue weighted by molar-refractivity contribution is -0.240. The molecule has 7 nitrogen and oxygen atoms in total. The van der Waals surface area contributed by atoms with E-state index in [1.54, 1.807) is 25.4 Å². The van der Waals surface area contributed by atoms with Crippen molar-refractivity contribution < 1.29 is 28.5 Å². The van der Waals surface area contributed by atoms with Gasteiger partial charge in [0.05, 0.1) is 14.2 Å². The highest BCUT2D eigenvalue weighted by molar-refractivity contribution is 9.10. The number of nitrogens with one attached hydrogen (secondary N) is 1. The van der Waals surface area contributed by atoms with Gasteiger partial charge in [0.1, 0.15) is 0 Å². The van der Waals surface area contributed by atoms with E-state index in [-0.39, 0.29) is 0 Å². The molecule has 1 aliphatic heterocycles. The van der Waals surface area contributed by atoms with Crippen LogP contribution in [0.2, 0.25) is 0 Å². The Balaban J connectivity index is 1.95. The summed E-state index contributed by atoms with van der Waals surface area (Å²) in [6.07, 6.45) is 1.80. The monoisotopic (exact) mass is 487 g/mol. The van der Waals surface area contributed by atoms with Gasteiger partial charge >= 0.3 is 11.9 Å². The Morgan fingerprint density at radius 3 is 2.26 bits per heavy atom. The fourth-order valence-electron chi connectivity index (χ4n) is 3.99. The number of cyclic esters (lactones) is 2. The summed E-state index contributed by atoms with van der Waals surface area (Å²) in [6, 6.07) is 11.2. The van der Waals surface area contributed by atoms with Crippen LogP contribution in [0.5, 0.6) is 11.5 Å². The molecule has 1 aliphatic rings. The maximum Gasteiger partial charge on any atom is 0.324 e. The number of halogens is 1. The number of rotatable bonds is 5. The van der Waals surface area contributed by atoms with Gasteiger partial charge in [0, 0.05) is 41.3 Å². The molecule has 1 atom stereocenters. The summed E-state index contributed by atoms with van der Waals surface area (Å²) in [6.45, 7) is 3.07. The number of H-pyrrole nitrogens is 1. The predicted octanol–water partition coefficient (Wildman–Crippen LogP) is 4.53. The minimum absolute atomic E-state index is 0.475. The van der Waals surface area contributed by atoms with E-state index in [0.717, 1.165) is 16.5 Å². The third kappa shape index (κ3) is 3.76. The lowest BCUT2D eigenvalue weighted by atomic mass is 9.79. The van der Waals surface area contributed by atoms with E-state index in [2.05, 4.69) is 20.9 Å². The van der Waals surface area contributed by atoms with Gasteiger partial charge in [-0.1, -0.05) is 34.1 Å². The summed E-state index contributed by atoms with van der Waals surface area (Å²) in [5.41, 5.74) is 2.32. The summed E-state index contributed by atoms with van der Waals surface area (Å²) in [7, 11) is 3.07. The van der Waals surface area contributed by atoms with E-state index in [1.165, 1.54) is 21.0 Å². The van der Waals surface area contributed by atoms with Gasteiger partial charge in [-0.25, -0.2) is 0 Å². The molecule has 1 saturated heterocycles. The normalized spacial score (nSPS) is 17.2. The third-order valence-electron chi connectivity index (χ3n) is 5.33. The Labute approximate surface area is 187 Å². The number of hydrogen-bond acceptors (Lipinski definition) is 6. The average Bonchev–Trinajstić information content (AvgIpc) is 3.14. The van der Waals surface area contributed by atoms with Crippen LogP contribution in [0, 0.1) is 5.92 Å². The number of carbonyl (C=O) groups is 2. The van der Waals surface area contributed by atoms with Crippen molar-refractivity contribution in [1.82, 2.24) is 4.98 Å². The fraction of sp³-hybridized carbons (Fsp3) is 0.304. The maximum absolute atomic E-state index is 13.1. The zero-order valence-corrected chi connectivity index (χ0v) is 19.1. The van der Waals surface area contributed by atoms with Crippen LogP contribution < -0.4 is 9.47 Å². The van der Waals surface area contributed by atoms with Gasteiger partial charge in [-0.05, 0) is 29.3 Å². The molecule has 1 N–H and O–H groups in total. The zero-order valence-electron chi connectivity index (χ0n) is 17.5. The number of fused-ring (bicyclic) bond motifs is 1. The molecule has 0 unspecified atom stereocenters. The molecule has 31 heavy (non-hydrogen) atoms. The number of benzene rings is 2. The molecular formula is C23H22BrNO6. The molecule has 162 valence electrons. The Hall–Kier alpha value is -3.00. The third-order valence-corrected chi connectivity index (χ3v) is 6.01. The first-order valence-corrected chi connectivity index (χ1v) is 10.5. The Morgan fingerprint density at radius 1 is 1.00 bits per heavy atom. The molecule has 2 aromatic carbocycles. The van der Waals surface area contributed by atoms with E-state index < -0.39 is 29.6 Å². The van der Waals surface area contributed by atoms with Crippen LogP contribution in [0.4, 0.5) is 0 Å². The van der Waals surface area contributed by atoms with Crippen molar-refractivity contribution in [3.63, 3.8) is 0 Å². The SMILES string of the molecule is COc1cc(Br)c([C@@H](c2c[nH]c3ccccc23)C2C(=O)OC(C)(C)OC2=O)cc1OC. The molecule has 1 fully saturated rings. The van der Waals surface area contributed by atoms with Crippen molar-refractivity contribution in [3.05, 3.63) is 58.2 Å². The number of hydrogen-bond donors (Lipinski definition) is 1. The molecule has 0 spiro atoms. The number of aromatic amines is 1. The van der Waals surface area contributed by atoms with Gasteiger partial charge in [-0.2, -0.15) is 0 Å². The van der Waals surface area contributed by atoms with E-state index >= 15 is 0 Å². The Bertz CT molecular complexity index is 1150. The van der Waals surface area contributed by atoms with Crippen LogP contribution in [-0.4, -0.2) is 36.9 Å². The molecule has 8 heteroatoms. The van der Waals surface area contributed by atoms with Crippen LogP contribution in [0.3, 0.4) is 0 Å². The largest absolute Gasteiger partial charge is 0.493 e. The van der Waals surface area contributed by atoms with E-state index in [4.69, 9.17) is 18.9 Å². The average molecular weight is 488 g/mol. The van der Waals surface area contributed by atoms with Crippen molar-refractivity contribution in [2.24, 2.45) is 5.92 Å². The summed E-state index contributed by atoms with van der Waals surface area (Å²) < 4.78 is 22.4. The predicted molar refractivity (Wildman–Crippen MR) is 117 cm³/mol. The van der Waals surface area contributed by atoms with Crippen molar-refractivity contribution in [1.29, 1.82) is 0 Å². The number of carbonyl (C=O) groups excluding carboxylic acids is 2. The van der Waals surface area contributed by atoms with Crippen molar-refractivity contribution in [3.8, 4) is 11.5 Å². The van der Waals surface area contributed by atoms with Crippen molar-refractivity contribution >= 4 is 38.8 Å². The Kier molecular flexibility index (Phi) is 5.43. The first-order valence-electron chi connectivity index (χ1n) is 9.69. The molecule has 1 aromatic heterocycles. The van der Waals surface area contributed by atoms with Gasteiger partial charge in [-0.3, -0.25) is 9.59 Å². The highest BCUT2D eigenvalue weighted by Crippen LogP contribution is 2.46. The topological polar surface area (TPSA) is 86.9 Å². The molecule has 2 heterocycles. The number of esters is 2. The standard InChI is InChI=1S/C23H22BrNO6/c1-23(2)30-21(26)20(22(27)31-23)19(14-11-25-16-8-6-5-7-12(14)16)13-9-17(28-3)18(29-4)10-15(13)24/h5-11,19-20,25H,1-4H3/t19-/m0/s1. The highest BCUT2D eigenvalue weighted by atomic mass is 79.9. The van der Waals surface area contributed by atoms with E-state index in [9.17, 15) is 9.59 Å². The van der Waals surface area contributed by atoms with Crippen LogP contribution in [0.25, 0.3) is 10.9 Å². The van der Waals surface area contributed by atoms with E-state index in [0.29, 0.717) is 21.5 Å². The number of aromatic nitrogens is 1. The summed E-state index contributed by atoms with van der Waals surface area (Å²) in [5, 5.41) is 0.889. The zero-order chi connectivity index (χ0) is 22.3. The van der Waals surface area contributed by atoms with Crippen LogP contribution in [0.1, 0.15) is 30.9 Å². The second kappa shape index (κ2) is 7.92. The number of para-hydroxylation sites is 1. The quantitative estimate of drug-likeness (QED) is 0.420. The molecule has 4 rings (SSSR count). The lowest BCUT2D eigenvalue weighted by Crippen LogP contribution is -2.48. The van der Waals surface area contributed by atoms with Gasteiger partial charge in [-0.15, -0.1) is 0 Å². The molecule has 0 amide bonds. The first-order chi connectivity index (χ1) is 14.8. The highest BCUT2D eigenvalue weighted by Gasteiger charge is 2.49. The maximum atomic E-state index is 13.1. The second-order valence-corrected chi connectivity index (χ2v) is 8.57. The van der Waals surface area contributed by atoms with E-state index in [1.807, 2.05) is 24.3 Å². The minimum Gasteiger partial charge on any atom is -0.493 e.